The van der Waals surface area contributed by atoms with E-state index in [1.165, 1.54) is 4.52 Å². The fraction of sp³-hybridized carbons (Fsp3) is 0.417. The molecule has 0 fully saturated rings. The second-order valence-electron chi connectivity index (χ2n) is 3.97. The first-order valence-electron chi connectivity index (χ1n) is 5.75. The summed E-state index contributed by atoms with van der Waals surface area (Å²) in [4.78, 5) is 15.4. The molecule has 0 amide bonds. The SMILES string of the molecule is CCC(CC)c1nn2cccnc2c1C(=O)O. The molecule has 17 heavy (non-hydrogen) atoms. The number of hydrogen-bond acceptors (Lipinski definition) is 3. The van der Waals surface area contributed by atoms with Crippen molar-refractivity contribution in [2.75, 3.05) is 0 Å². The summed E-state index contributed by atoms with van der Waals surface area (Å²) in [5.74, 6) is -0.789. The number of aromatic nitrogens is 3. The van der Waals surface area contributed by atoms with Gasteiger partial charge in [0.15, 0.2) is 5.65 Å². The topological polar surface area (TPSA) is 67.5 Å². The molecule has 0 atom stereocenters. The lowest BCUT2D eigenvalue weighted by molar-refractivity contribution is 0.0697. The zero-order chi connectivity index (χ0) is 12.4. The molecule has 2 aromatic rings. The summed E-state index contributed by atoms with van der Waals surface area (Å²) in [5, 5.41) is 13.6. The predicted molar refractivity (Wildman–Crippen MR) is 63.3 cm³/mol. The average molecular weight is 233 g/mol. The Morgan fingerprint density at radius 3 is 2.76 bits per heavy atom. The van der Waals surface area contributed by atoms with Crippen LogP contribution in [-0.2, 0) is 0 Å². The van der Waals surface area contributed by atoms with Crippen molar-refractivity contribution in [3.8, 4) is 0 Å². The third kappa shape index (κ3) is 1.88. The normalized spacial score (nSPS) is 11.2. The van der Waals surface area contributed by atoms with E-state index in [-0.39, 0.29) is 11.5 Å². The van der Waals surface area contributed by atoms with Crippen LogP contribution in [-0.4, -0.2) is 25.7 Å². The Morgan fingerprint density at radius 2 is 2.18 bits per heavy atom. The van der Waals surface area contributed by atoms with E-state index >= 15 is 0 Å². The summed E-state index contributed by atoms with van der Waals surface area (Å²) in [6, 6.07) is 1.74. The first kappa shape index (κ1) is 11.6. The zero-order valence-corrected chi connectivity index (χ0v) is 9.92. The lowest BCUT2D eigenvalue weighted by Crippen LogP contribution is -2.05. The molecule has 0 aliphatic rings. The van der Waals surface area contributed by atoms with Crippen LogP contribution in [0.25, 0.3) is 5.65 Å². The van der Waals surface area contributed by atoms with Gasteiger partial charge in [0.1, 0.15) is 5.56 Å². The number of nitrogens with zero attached hydrogens (tertiary/aromatic N) is 3. The molecule has 1 N–H and O–H groups in total. The molecule has 0 aliphatic heterocycles. The van der Waals surface area contributed by atoms with E-state index in [1.807, 2.05) is 13.8 Å². The molecule has 0 bridgehead atoms. The van der Waals surface area contributed by atoms with Gasteiger partial charge in [0, 0.05) is 18.3 Å². The van der Waals surface area contributed by atoms with Crippen LogP contribution in [0.2, 0.25) is 0 Å². The number of aromatic carboxylic acids is 1. The highest BCUT2D eigenvalue weighted by Gasteiger charge is 2.24. The van der Waals surface area contributed by atoms with Crippen molar-refractivity contribution in [2.45, 2.75) is 32.6 Å². The summed E-state index contributed by atoms with van der Waals surface area (Å²) in [6.45, 7) is 4.08. The van der Waals surface area contributed by atoms with Crippen LogP contribution in [0.3, 0.4) is 0 Å². The van der Waals surface area contributed by atoms with E-state index in [0.29, 0.717) is 11.3 Å². The number of carboxylic acid groups (broad SMARTS) is 1. The van der Waals surface area contributed by atoms with E-state index in [1.54, 1.807) is 18.5 Å². The Morgan fingerprint density at radius 1 is 1.47 bits per heavy atom. The van der Waals surface area contributed by atoms with Gasteiger partial charge in [-0.1, -0.05) is 13.8 Å². The third-order valence-electron chi connectivity index (χ3n) is 3.01. The molecule has 2 heterocycles. The van der Waals surface area contributed by atoms with Crippen LogP contribution in [0.4, 0.5) is 0 Å². The molecular weight excluding hydrogens is 218 g/mol. The zero-order valence-electron chi connectivity index (χ0n) is 9.92. The maximum atomic E-state index is 11.3. The second-order valence-corrected chi connectivity index (χ2v) is 3.97. The van der Waals surface area contributed by atoms with Crippen LogP contribution < -0.4 is 0 Å². The van der Waals surface area contributed by atoms with Gasteiger partial charge in [0.25, 0.3) is 0 Å². The highest BCUT2D eigenvalue weighted by Crippen LogP contribution is 2.27. The molecule has 90 valence electrons. The summed E-state index contributed by atoms with van der Waals surface area (Å²) in [5.41, 5.74) is 1.29. The lowest BCUT2D eigenvalue weighted by atomic mass is 9.96. The first-order valence-corrected chi connectivity index (χ1v) is 5.75. The molecule has 5 heteroatoms. The molecule has 0 aliphatic carbocycles. The van der Waals surface area contributed by atoms with E-state index in [0.717, 1.165) is 12.8 Å². The Labute approximate surface area is 99.1 Å². The number of carbonyl (C=O) groups is 1. The minimum Gasteiger partial charge on any atom is -0.477 e. The minimum absolute atomic E-state index is 0.169. The van der Waals surface area contributed by atoms with E-state index in [2.05, 4.69) is 10.1 Å². The van der Waals surface area contributed by atoms with Crippen LogP contribution in [0.1, 0.15) is 48.7 Å². The monoisotopic (exact) mass is 233 g/mol. The van der Waals surface area contributed by atoms with Crippen molar-refractivity contribution in [3.05, 3.63) is 29.7 Å². The van der Waals surface area contributed by atoms with Gasteiger partial charge >= 0.3 is 5.97 Å². The fourth-order valence-corrected chi connectivity index (χ4v) is 2.07. The molecule has 0 aromatic carbocycles. The van der Waals surface area contributed by atoms with Gasteiger partial charge in [-0.25, -0.2) is 14.3 Å². The van der Waals surface area contributed by atoms with Crippen molar-refractivity contribution in [2.24, 2.45) is 0 Å². The maximum absolute atomic E-state index is 11.3. The standard InChI is InChI=1S/C12H15N3O2/c1-3-8(4-2)10-9(12(16)17)11-13-6-5-7-15(11)14-10/h5-8H,3-4H2,1-2H3,(H,16,17). The van der Waals surface area contributed by atoms with Crippen LogP contribution >= 0.6 is 0 Å². The van der Waals surface area contributed by atoms with Crippen molar-refractivity contribution in [1.29, 1.82) is 0 Å². The van der Waals surface area contributed by atoms with E-state index in [9.17, 15) is 9.90 Å². The van der Waals surface area contributed by atoms with Gasteiger partial charge in [-0.05, 0) is 18.9 Å². The van der Waals surface area contributed by atoms with E-state index in [4.69, 9.17) is 0 Å². The number of hydrogen-bond donors (Lipinski definition) is 1. The highest BCUT2D eigenvalue weighted by atomic mass is 16.4. The van der Waals surface area contributed by atoms with Crippen molar-refractivity contribution in [1.82, 2.24) is 14.6 Å². The van der Waals surface area contributed by atoms with Gasteiger partial charge in [-0.15, -0.1) is 0 Å². The molecule has 0 radical (unpaired) electrons. The van der Waals surface area contributed by atoms with Gasteiger partial charge in [-0.3, -0.25) is 0 Å². The van der Waals surface area contributed by atoms with Crippen LogP contribution in [0, 0.1) is 0 Å². The quantitative estimate of drug-likeness (QED) is 0.880. The lowest BCUT2D eigenvalue weighted by Gasteiger charge is -2.09. The first-order chi connectivity index (χ1) is 8.19. The van der Waals surface area contributed by atoms with Crippen molar-refractivity contribution >= 4 is 11.6 Å². The van der Waals surface area contributed by atoms with Crippen LogP contribution in [0.5, 0.6) is 0 Å². The average Bonchev–Trinajstić information content (AvgIpc) is 2.69. The molecular formula is C12H15N3O2. The molecule has 0 unspecified atom stereocenters. The van der Waals surface area contributed by atoms with Gasteiger partial charge < -0.3 is 5.11 Å². The largest absolute Gasteiger partial charge is 0.477 e. The number of fused-ring (bicyclic) bond motifs is 1. The second kappa shape index (κ2) is 4.53. The Bertz CT molecular complexity index is 544. The van der Waals surface area contributed by atoms with Crippen LogP contribution in [0.15, 0.2) is 18.5 Å². The van der Waals surface area contributed by atoms with Crippen molar-refractivity contribution < 1.29 is 9.90 Å². The van der Waals surface area contributed by atoms with Gasteiger partial charge in [0.2, 0.25) is 0 Å². The number of rotatable bonds is 4. The van der Waals surface area contributed by atoms with E-state index < -0.39 is 5.97 Å². The Balaban J connectivity index is 2.69. The minimum atomic E-state index is -0.958. The molecule has 2 rings (SSSR count). The summed E-state index contributed by atoms with van der Waals surface area (Å²) in [7, 11) is 0. The summed E-state index contributed by atoms with van der Waals surface area (Å²) < 4.78 is 1.54. The fourth-order valence-electron chi connectivity index (χ4n) is 2.07. The maximum Gasteiger partial charge on any atom is 0.341 e. The molecule has 0 saturated carbocycles. The summed E-state index contributed by atoms with van der Waals surface area (Å²) >= 11 is 0. The molecule has 0 saturated heterocycles. The van der Waals surface area contributed by atoms with Gasteiger partial charge in [-0.2, -0.15) is 5.10 Å². The molecule has 5 nitrogen and oxygen atoms in total. The predicted octanol–water partition coefficient (Wildman–Crippen LogP) is 2.33. The molecule has 0 spiro atoms. The third-order valence-corrected chi connectivity index (χ3v) is 3.01. The number of carboxylic acids is 1. The summed E-state index contributed by atoms with van der Waals surface area (Å²) in [6.07, 6.45) is 5.06. The highest BCUT2D eigenvalue weighted by molar-refractivity contribution is 5.95. The van der Waals surface area contributed by atoms with Crippen molar-refractivity contribution in [3.63, 3.8) is 0 Å². The molecule has 2 aromatic heterocycles. The Kier molecular flexibility index (Phi) is 3.08. The smallest absolute Gasteiger partial charge is 0.341 e. The van der Waals surface area contributed by atoms with Gasteiger partial charge in [0.05, 0.1) is 5.69 Å². The Hall–Kier alpha value is -1.91.